The molecule has 19 heavy (non-hydrogen) atoms. The molecule has 0 saturated carbocycles. The van der Waals surface area contributed by atoms with Gasteiger partial charge in [0.15, 0.2) is 0 Å². The fraction of sp³-hybridized carbons (Fsp3) is 0.571. The summed E-state index contributed by atoms with van der Waals surface area (Å²) in [6.07, 6.45) is -1.22. The average Bonchev–Trinajstić information content (AvgIpc) is 2.81. The van der Waals surface area contributed by atoms with Gasteiger partial charge in [0, 0.05) is 12.6 Å². The molecule has 0 aliphatic carbocycles. The van der Waals surface area contributed by atoms with E-state index in [1.54, 1.807) is 0 Å². The van der Waals surface area contributed by atoms with E-state index in [4.69, 9.17) is 5.73 Å². The van der Waals surface area contributed by atoms with Gasteiger partial charge in [-0.25, -0.2) is 0 Å². The van der Waals surface area contributed by atoms with Crippen molar-refractivity contribution in [2.45, 2.75) is 31.5 Å². The Morgan fingerprint density at radius 3 is 2.21 bits per heavy atom. The minimum atomic E-state index is -4.27. The highest BCUT2D eigenvalue weighted by Crippen LogP contribution is 2.29. The summed E-state index contributed by atoms with van der Waals surface area (Å²) in [5.74, 6) is 0. The Balaban J connectivity index is 1.88. The van der Waals surface area contributed by atoms with E-state index in [9.17, 15) is 13.2 Å². The molecule has 1 aliphatic rings. The molecule has 0 bridgehead atoms. The second-order valence-corrected chi connectivity index (χ2v) is 5.17. The zero-order valence-corrected chi connectivity index (χ0v) is 10.8. The third-order valence-corrected chi connectivity index (χ3v) is 3.47. The van der Waals surface area contributed by atoms with Gasteiger partial charge in [0.05, 0.1) is 5.56 Å². The third-order valence-electron chi connectivity index (χ3n) is 3.47. The zero-order chi connectivity index (χ0) is 13.9. The molecule has 1 fully saturated rings. The first-order valence-electron chi connectivity index (χ1n) is 6.59. The highest BCUT2D eigenvalue weighted by molar-refractivity contribution is 5.25. The fourth-order valence-electron chi connectivity index (χ4n) is 2.49. The van der Waals surface area contributed by atoms with Crippen molar-refractivity contribution in [2.75, 3.05) is 19.6 Å². The molecule has 0 spiro atoms. The van der Waals surface area contributed by atoms with Crippen molar-refractivity contribution in [3.63, 3.8) is 0 Å². The van der Waals surface area contributed by atoms with Crippen molar-refractivity contribution >= 4 is 0 Å². The topological polar surface area (TPSA) is 29.3 Å². The monoisotopic (exact) mass is 272 g/mol. The number of halogens is 3. The molecule has 106 valence electrons. The number of hydrogen-bond acceptors (Lipinski definition) is 2. The van der Waals surface area contributed by atoms with Crippen LogP contribution in [0, 0.1) is 0 Å². The van der Waals surface area contributed by atoms with E-state index in [0.717, 1.165) is 37.3 Å². The molecule has 2 rings (SSSR count). The van der Waals surface area contributed by atoms with E-state index in [1.165, 1.54) is 25.0 Å². The van der Waals surface area contributed by atoms with E-state index < -0.39 is 11.7 Å². The van der Waals surface area contributed by atoms with Gasteiger partial charge in [-0.05, 0) is 50.0 Å². The highest BCUT2D eigenvalue weighted by Gasteiger charge is 2.29. The Bertz CT molecular complexity index is 394. The van der Waals surface area contributed by atoms with Crippen LogP contribution in [0.1, 0.15) is 24.0 Å². The van der Waals surface area contributed by atoms with Gasteiger partial charge in [0.1, 0.15) is 0 Å². The molecular weight excluding hydrogens is 253 g/mol. The van der Waals surface area contributed by atoms with E-state index in [2.05, 4.69) is 4.90 Å². The standard InChI is InChI=1S/C14H19F3N2/c15-14(16,17)12-5-3-11(4-6-12)9-13(18)10-19-7-1-2-8-19/h3-6,13H,1-2,7-10,18H2. The molecule has 1 saturated heterocycles. The Hall–Kier alpha value is -1.07. The minimum absolute atomic E-state index is 0.0187. The van der Waals surface area contributed by atoms with Gasteiger partial charge < -0.3 is 10.6 Å². The maximum absolute atomic E-state index is 12.4. The summed E-state index contributed by atoms with van der Waals surface area (Å²) < 4.78 is 37.3. The number of nitrogens with zero attached hydrogens (tertiary/aromatic N) is 1. The number of alkyl halides is 3. The first-order chi connectivity index (χ1) is 8.95. The van der Waals surface area contributed by atoms with Crippen LogP contribution in [0.25, 0.3) is 0 Å². The van der Waals surface area contributed by atoms with Gasteiger partial charge >= 0.3 is 6.18 Å². The molecule has 2 nitrogen and oxygen atoms in total. The number of rotatable bonds is 4. The van der Waals surface area contributed by atoms with Gasteiger partial charge in [0.2, 0.25) is 0 Å². The fourth-order valence-corrected chi connectivity index (χ4v) is 2.49. The minimum Gasteiger partial charge on any atom is -0.326 e. The maximum Gasteiger partial charge on any atom is 0.416 e. The number of benzene rings is 1. The van der Waals surface area contributed by atoms with Crippen molar-refractivity contribution in [1.82, 2.24) is 4.90 Å². The SMILES string of the molecule is NC(Cc1ccc(C(F)(F)F)cc1)CN1CCCC1. The number of hydrogen-bond donors (Lipinski definition) is 1. The largest absolute Gasteiger partial charge is 0.416 e. The highest BCUT2D eigenvalue weighted by atomic mass is 19.4. The molecule has 1 unspecified atom stereocenters. The van der Waals surface area contributed by atoms with E-state index in [-0.39, 0.29) is 6.04 Å². The first kappa shape index (κ1) is 14.3. The van der Waals surface area contributed by atoms with Crippen molar-refractivity contribution in [2.24, 2.45) is 5.73 Å². The van der Waals surface area contributed by atoms with Crippen LogP contribution in [0.3, 0.4) is 0 Å². The molecule has 0 aromatic heterocycles. The predicted octanol–water partition coefficient (Wildman–Crippen LogP) is 2.67. The molecule has 1 aromatic rings. The van der Waals surface area contributed by atoms with Gasteiger partial charge in [-0.1, -0.05) is 12.1 Å². The molecule has 2 N–H and O–H groups in total. The number of likely N-dealkylation sites (tertiary alicyclic amines) is 1. The lowest BCUT2D eigenvalue weighted by atomic mass is 10.0. The number of nitrogens with two attached hydrogens (primary N) is 1. The smallest absolute Gasteiger partial charge is 0.326 e. The van der Waals surface area contributed by atoms with Crippen LogP contribution in [-0.2, 0) is 12.6 Å². The normalized spacial score (nSPS) is 18.7. The van der Waals surface area contributed by atoms with Crippen LogP contribution in [0.4, 0.5) is 13.2 Å². The van der Waals surface area contributed by atoms with E-state index >= 15 is 0 Å². The second kappa shape index (κ2) is 5.92. The van der Waals surface area contributed by atoms with E-state index in [0.29, 0.717) is 6.42 Å². The molecule has 1 atom stereocenters. The lowest BCUT2D eigenvalue weighted by molar-refractivity contribution is -0.137. The third kappa shape index (κ3) is 4.21. The van der Waals surface area contributed by atoms with Gasteiger partial charge in [-0.3, -0.25) is 0 Å². The van der Waals surface area contributed by atoms with Crippen LogP contribution < -0.4 is 5.73 Å². The summed E-state index contributed by atoms with van der Waals surface area (Å²) in [7, 11) is 0. The van der Waals surface area contributed by atoms with Crippen LogP contribution in [0.5, 0.6) is 0 Å². The Kier molecular flexibility index (Phi) is 4.47. The van der Waals surface area contributed by atoms with Crippen LogP contribution >= 0.6 is 0 Å². The summed E-state index contributed by atoms with van der Waals surface area (Å²) in [6, 6.07) is 5.27. The van der Waals surface area contributed by atoms with Crippen LogP contribution in [0.2, 0.25) is 0 Å². The summed E-state index contributed by atoms with van der Waals surface area (Å²) >= 11 is 0. The van der Waals surface area contributed by atoms with Crippen LogP contribution in [0.15, 0.2) is 24.3 Å². The predicted molar refractivity (Wildman–Crippen MR) is 68.8 cm³/mol. The van der Waals surface area contributed by atoms with Crippen molar-refractivity contribution < 1.29 is 13.2 Å². The molecule has 5 heteroatoms. The van der Waals surface area contributed by atoms with Gasteiger partial charge in [0.25, 0.3) is 0 Å². The summed E-state index contributed by atoms with van der Waals surface area (Å²) in [4.78, 5) is 2.31. The Morgan fingerprint density at radius 1 is 1.11 bits per heavy atom. The van der Waals surface area contributed by atoms with Gasteiger partial charge in [-0.15, -0.1) is 0 Å². The quantitative estimate of drug-likeness (QED) is 0.913. The molecule has 0 amide bonds. The Labute approximate surface area is 111 Å². The summed E-state index contributed by atoms with van der Waals surface area (Å²) in [5, 5.41) is 0. The second-order valence-electron chi connectivity index (χ2n) is 5.17. The molecule has 1 aliphatic heterocycles. The van der Waals surface area contributed by atoms with Crippen LogP contribution in [-0.4, -0.2) is 30.6 Å². The van der Waals surface area contributed by atoms with Crippen molar-refractivity contribution in [3.8, 4) is 0 Å². The lowest BCUT2D eigenvalue weighted by Crippen LogP contribution is -2.37. The zero-order valence-electron chi connectivity index (χ0n) is 10.8. The molecule has 1 heterocycles. The first-order valence-corrected chi connectivity index (χ1v) is 6.59. The summed E-state index contributed by atoms with van der Waals surface area (Å²) in [5.41, 5.74) is 6.30. The average molecular weight is 272 g/mol. The van der Waals surface area contributed by atoms with E-state index in [1.807, 2.05) is 0 Å². The molecule has 0 radical (unpaired) electrons. The van der Waals surface area contributed by atoms with Crippen molar-refractivity contribution in [1.29, 1.82) is 0 Å². The summed E-state index contributed by atoms with van der Waals surface area (Å²) in [6.45, 7) is 2.99. The molecular formula is C14H19F3N2. The van der Waals surface area contributed by atoms with Crippen molar-refractivity contribution in [3.05, 3.63) is 35.4 Å². The molecule has 1 aromatic carbocycles. The maximum atomic E-state index is 12.4. The lowest BCUT2D eigenvalue weighted by Gasteiger charge is -2.20. The van der Waals surface area contributed by atoms with Gasteiger partial charge in [-0.2, -0.15) is 13.2 Å². The Morgan fingerprint density at radius 2 is 1.68 bits per heavy atom.